The second kappa shape index (κ2) is 6.03. The molecule has 3 rings (SSSR count). The summed E-state index contributed by atoms with van der Waals surface area (Å²) in [5.41, 5.74) is 1.74. The van der Waals surface area contributed by atoms with E-state index in [0.717, 1.165) is 24.0 Å². The molecule has 1 aromatic heterocycles. The van der Waals surface area contributed by atoms with E-state index in [0.29, 0.717) is 5.56 Å². The van der Waals surface area contributed by atoms with Crippen molar-refractivity contribution in [1.29, 1.82) is 0 Å². The molecule has 0 unspecified atom stereocenters. The number of halogens is 2. The fraction of sp³-hybridized carbons (Fsp3) is 0.176. The van der Waals surface area contributed by atoms with Crippen LogP contribution in [0.2, 0.25) is 0 Å². The molecule has 2 heterocycles. The molecule has 0 radical (unpaired) electrons. The summed E-state index contributed by atoms with van der Waals surface area (Å²) in [6.45, 7) is 1.62. The Morgan fingerprint density at radius 1 is 1.08 bits per heavy atom. The summed E-state index contributed by atoms with van der Waals surface area (Å²) < 4.78 is 56.3. The number of aromatic nitrogens is 1. The minimum Gasteiger partial charge on any atom is -0.457 e. The maximum atomic E-state index is 14.2. The van der Waals surface area contributed by atoms with Gasteiger partial charge >= 0.3 is 5.97 Å². The van der Waals surface area contributed by atoms with E-state index in [-0.39, 0.29) is 23.3 Å². The second-order valence-corrected chi connectivity index (χ2v) is 7.67. The van der Waals surface area contributed by atoms with E-state index < -0.39 is 32.3 Å². The first-order valence-corrected chi connectivity index (χ1v) is 9.09. The van der Waals surface area contributed by atoms with E-state index in [1.54, 1.807) is 19.2 Å². The van der Waals surface area contributed by atoms with E-state index in [2.05, 4.69) is 4.98 Å². The molecule has 0 spiro atoms. The summed E-state index contributed by atoms with van der Waals surface area (Å²) in [7, 11) is -4.06. The maximum absolute atomic E-state index is 14.2. The number of ether oxygens (including phenoxy) is 1. The van der Waals surface area contributed by atoms with Gasteiger partial charge in [0.15, 0.2) is 9.84 Å². The van der Waals surface area contributed by atoms with Gasteiger partial charge in [-0.25, -0.2) is 22.0 Å². The van der Waals surface area contributed by atoms with Crippen LogP contribution in [0.3, 0.4) is 0 Å². The van der Waals surface area contributed by atoms with Crippen molar-refractivity contribution in [3.63, 3.8) is 0 Å². The van der Waals surface area contributed by atoms with Gasteiger partial charge in [-0.05, 0) is 36.2 Å². The van der Waals surface area contributed by atoms with Crippen LogP contribution in [0.4, 0.5) is 8.78 Å². The summed E-state index contributed by atoms with van der Waals surface area (Å²) >= 11 is 0. The van der Waals surface area contributed by atoms with Crippen molar-refractivity contribution in [2.45, 2.75) is 11.8 Å². The number of rotatable bonds is 3. The number of carbonyl (C=O) groups excluding carboxylic acids is 1. The first-order valence-electron chi connectivity index (χ1n) is 7.20. The van der Waals surface area contributed by atoms with Gasteiger partial charge in [-0.3, -0.25) is 4.98 Å². The molecule has 0 atom stereocenters. The third kappa shape index (κ3) is 3.17. The van der Waals surface area contributed by atoms with Crippen molar-refractivity contribution < 1.29 is 26.7 Å². The molecular formula is C17H13F2NO4S. The maximum Gasteiger partial charge on any atom is 0.339 e. The lowest BCUT2D eigenvalue weighted by molar-refractivity contribution is -0.133. The molecule has 1 aromatic carbocycles. The normalized spacial score (nSPS) is 14.8. The van der Waals surface area contributed by atoms with Crippen LogP contribution in [-0.4, -0.2) is 32.2 Å². The van der Waals surface area contributed by atoms with Crippen LogP contribution in [0.25, 0.3) is 11.1 Å². The number of aryl methyl sites for hydroxylation is 1. The highest BCUT2D eigenvalue weighted by molar-refractivity contribution is 7.90. The molecule has 0 N–H and O–H groups in total. The first kappa shape index (κ1) is 17.2. The predicted molar refractivity (Wildman–Crippen MR) is 86.2 cm³/mol. The molecule has 0 bridgehead atoms. The number of nitrogens with zero attached hydrogens (tertiary/aromatic N) is 1. The highest BCUT2D eigenvalue weighted by atomic mass is 32.2. The molecule has 1 aliphatic heterocycles. The van der Waals surface area contributed by atoms with Crippen molar-refractivity contribution in [3.05, 3.63) is 58.9 Å². The fourth-order valence-electron chi connectivity index (χ4n) is 2.71. The standard InChI is InChI=1S/C17H13F2NO4S/c1-9-3-11(7-20-6-9)15-12(8-24-17(15)21)10-4-13(18)16(14(19)5-10)25(2,22)23/h3-7H,8H2,1-2H3. The Hall–Kier alpha value is -2.61. The van der Waals surface area contributed by atoms with Gasteiger partial charge in [0, 0.05) is 29.8 Å². The third-order valence-corrected chi connectivity index (χ3v) is 4.87. The van der Waals surface area contributed by atoms with Gasteiger partial charge in [-0.15, -0.1) is 0 Å². The molecule has 8 heteroatoms. The molecule has 25 heavy (non-hydrogen) atoms. The van der Waals surface area contributed by atoms with Crippen LogP contribution in [0.1, 0.15) is 16.7 Å². The summed E-state index contributed by atoms with van der Waals surface area (Å²) in [6.07, 6.45) is 3.77. The van der Waals surface area contributed by atoms with E-state index >= 15 is 0 Å². The van der Waals surface area contributed by atoms with E-state index in [4.69, 9.17) is 4.74 Å². The molecular weight excluding hydrogens is 352 g/mol. The zero-order valence-electron chi connectivity index (χ0n) is 13.3. The smallest absolute Gasteiger partial charge is 0.339 e. The average molecular weight is 365 g/mol. The van der Waals surface area contributed by atoms with Crippen LogP contribution in [0, 0.1) is 18.6 Å². The summed E-state index contributed by atoms with van der Waals surface area (Å²) in [5, 5.41) is 0. The summed E-state index contributed by atoms with van der Waals surface area (Å²) in [6, 6.07) is 3.48. The summed E-state index contributed by atoms with van der Waals surface area (Å²) in [4.78, 5) is 15.1. The molecule has 0 saturated heterocycles. The van der Waals surface area contributed by atoms with Crippen molar-refractivity contribution >= 4 is 27.0 Å². The summed E-state index contributed by atoms with van der Waals surface area (Å²) in [5.74, 6) is -3.06. The Kier molecular flexibility index (Phi) is 4.16. The van der Waals surface area contributed by atoms with Gasteiger partial charge in [0.2, 0.25) is 0 Å². The van der Waals surface area contributed by atoms with Gasteiger partial charge in [-0.1, -0.05) is 0 Å². The number of pyridine rings is 1. The molecule has 1 aliphatic rings. The topological polar surface area (TPSA) is 73.3 Å². The van der Waals surface area contributed by atoms with Crippen molar-refractivity contribution in [2.75, 3.05) is 12.9 Å². The number of esters is 1. The minimum atomic E-state index is -4.06. The van der Waals surface area contributed by atoms with Gasteiger partial charge in [0.1, 0.15) is 23.1 Å². The van der Waals surface area contributed by atoms with Crippen LogP contribution >= 0.6 is 0 Å². The van der Waals surface area contributed by atoms with E-state index in [9.17, 15) is 22.0 Å². The van der Waals surface area contributed by atoms with Crippen molar-refractivity contribution in [3.8, 4) is 0 Å². The molecule has 2 aromatic rings. The zero-order chi connectivity index (χ0) is 18.4. The lowest BCUT2D eigenvalue weighted by atomic mass is 9.97. The quantitative estimate of drug-likeness (QED) is 0.782. The Morgan fingerprint density at radius 2 is 1.72 bits per heavy atom. The Morgan fingerprint density at radius 3 is 2.28 bits per heavy atom. The van der Waals surface area contributed by atoms with Gasteiger partial charge in [0.25, 0.3) is 0 Å². The SMILES string of the molecule is Cc1cncc(C2=C(c3cc(F)c(S(C)(=O)=O)c(F)c3)COC2=O)c1. The molecule has 130 valence electrons. The minimum absolute atomic E-state index is 0.0461. The first-order chi connectivity index (χ1) is 11.7. The highest BCUT2D eigenvalue weighted by Gasteiger charge is 2.29. The molecule has 0 amide bonds. The van der Waals surface area contributed by atoms with E-state index in [1.165, 1.54) is 6.20 Å². The second-order valence-electron chi connectivity index (χ2n) is 5.72. The number of hydrogen-bond acceptors (Lipinski definition) is 5. The van der Waals surface area contributed by atoms with Crippen LogP contribution < -0.4 is 0 Å². The Balaban J connectivity index is 2.22. The van der Waals surface area contributed by atoms with Gasteiger partial charge in [0.05, 0.1) is 5.57 Å². The van der Waals surface area contributed by atoms with Crippen LogP contribution in [0.15, 0.2) is 35.5 Å². The molecule has 0 fully saturated rings. The third-order valence-electron chi connectivity index (χ3n) is 3.73. The zero-order valence-corrected chi connectivity index (χ0v) is 14.2. The van der Waals surface area contributed by atoms with Crippen molar-refractivity contribution in [2.24, 2.45) is 0 Å². The number of carbonyl (C=O) groups is 1. The largest absolute Gasteiger partial charge is 0.457 e. The average Bonchev–Trinajstić information content (AvgIpc) is 2.86. The lowest BCUT2D eigenvalue weighted by Crippen LogP contribution is -2.06. The van der Waals surface area contributed by atoms with Crippen LogP contribution in [0.5, 0.6) is 0 Å². The monoisotopic (exact) mass is 365 g/mol. The van der Waals surface area contributed by atoms with Gasteiger partial charge < -0.3 is 4.74 Å². The fourth-order valence-corrected chi connectivity index (χ4v) is 3.53. The number of sulfone groups is 1. The van der Waals surface area contributed by atoms with Gasteiger partial charge in [-0.2, -0.15) is 0 Å². The molecule has 5 nitrogen and oxygen atoms in total. The van der Waals surface area contributed by atoms with E-state index in [1.807, 2.05) is 0 Å². The van der Waals surface area contributed by atoms with Crippen molar-refractivity contribution in [1.82, 2.24) is 4.98 Å². The number of hydrogen-bond donors (Lipinski definition) is 0. The number of cyclic esters (lactones) is 1. The predicted octanol–water partition coefficient (Wildman–Crippen LogP) is 2.54. The molecule has 0 saturated carbocycles. The lowest BCUT2D eigenvalue weighted by Gasteiger charge is -2.08. The van der Waals surface area contributed by atoms with Crippen LogP contribution in [-0.2, 0) is 19.4 Å². The Labute approximate surface area is 142 Å². The number of benzene rings is 1. The molecule has 0 aliphatic carbocycles. The highest BCUT2D eigenvalue weighted by Crippen LogP contribution is 2.34. The Bertz CT molecular complexity index is 1010.